The normalized spacial score (nSPS) is 32.6. The lowest BCUT2D eigenvalue weighted by molar-refractivity contribution is -0.515. The van der Waals surface area contributed by atoms with E-state index in [1.165, 1.54) is 0 Å². The van der Waals surface area contributed by atoms with Crippen LogP contribution in [0.4, 0.5) is 0 Å². The summed E-state index contributed by atoms with van der Waals surface area (Å²) in [6.07, 6.45) is 5.57. The van der Waals surface area contributed by atoms with Crippen molar-refractivity contribution in [3.8, 4) is 0 Å². The molecule has 2 aliphatic rings. The predicted molar refractivity (Wildman–Crippen MR) is 87.7 cm³/mol. The lowest BCUT2D eigenvalue weighted by atomic mass is 10.1. The molecular weight excluding hydrogens is 296 g/mol. The zero-order chi connectivity index (χ0) is 16.8. The summed E-state index contributed by atoms with van der Waals surface area (Å²) >= 11 is 0. The standard InChI is InChI=1S/C18H34O5/c1-15(2)13-21-17(9-5-7-11-19-17)23-18(22-14-16(3)4)10-6-8-12-20-18/h15-16H,5-14H2,1-4H3. The third-order valence-corrected chi connectivity index (χ3v) is 3.98. The molecule has 0 aromatic carbocycles. The van der Waals surface area contributed by atoms with Crippen LogP contribution in [0.15, 0.2) is 0 Å². The first-order chi connectivity index (χ1) is 11.0. The van der Waals surface area contributed by atoms with Crippen LogP contribution in [0.1, 0.15) is 66.2 Å². The monoisotopic (exact) mass is 330 g/mol. The van der Waals surface area contributed by atoms with Crippen molar-refractivity contribution >= 4 is 0 Å². The first-order valence-corrected chi connectivity index (χ1v) is 9.21. The van der Waals surface area contributed by atoms with Gasteiger partial charge in [-0.2, -0.15) is 0 Å². The zero-order valence-corrected chi connectivity index (χ0v) is 15.3. The van der Waals surface area contributed by atoms with E-state index in [4.69, 9.17) is 23.7 Å². The van der Waals surface area contributed by atoms with E-state index in [9.17, 15) is 0 Å². The molecule has 2 heterocycles. The maximum Gasteiger partial charge on any atom is 0.287 e. The molecule has 5 nitrogen and oxygen atoms in total. The van der Waals surface area contributed by atoms with Crippen molar-refractivity contribution in [1.82, 2.24) is 0 Å². The van der Waals surface area contributed by atoms with Crippen molar-refractivity contribution in [2.75, 3.05) is 26.4 Å². The summed E-state index contributed by atoms with van der Waals surface area (Å²) < 4.78 is 30.3. The fourth-order valence-electron chi connectivity index (χ4n) is 2.76. The third-order valence-electron chi connectivity index (χ3n) is 3.98. The lowest BCUT2D eigenvalue weighted by Crippen LogP contribution is -2.54. The van der Waals surface area contributed by atoms with Crippen molar-refractivity contribution in [2.24, 2.45) is 11.8 Å². The molecule has 23 heavy (non-hydrogen) atoms. The number of hydrogen-bond donors (Lipinski definition) is 0. The minimum Gasteiger partial charge on any atom is -0.327 e. The smallest absolute Gasteiger partial charge is 0.287 e. The van der Waals surface area contributed by atoms with Gasteiger partial charge in [0.15, 0.2) is 0 Å². The quantitative estimate of drug-likeness (QED) is 0.628. The van der Waals surface area contributed by atoms with Crippen LogP contribution in [-0.2, 0) is 23.7 Å². The minimum absolute atomic E-state index is 0.417. The summed E-state index contributed by atoms with van der Waals surface area (Å²) in [5.74, 6) is -1.23. The second-order valence-electron chi connectivity index (χ2n) is 7.49. The fourth-order valence-corrected chi connectivity index (χ4v) is 2.76. The Morgan fingerprint density at radius 1 is 0.739 bits per heavy atom. The second-order valence-corrected chi connectivity index (χ2v) is 7.49. The van der Waals surface area contributed by atoms with Gasteiger partial charge in [0.2, 0.25) is 0 Å². The molecular formula is C18H34O5. The zero-order valence-electron chi connectivity index (χ0n) is 15.3. The highest BCUT2D eigenvalue weighted by molar-refractivity contribution is 4.72. The molecule has 2 fully saturated rings. The van der Waals surface area contributed by atoms with Gasteiger partial charge in [0, 0.05) is 12.8 Å². The highest BCUT2D eigenvalue weighted by Gasteiger charge is 2.48. The van der Waals surface area contributed by atoms with Gasteiger partial charge in [-0.15, -0.1) is 0 Å². The molecule has 2 atom stereocenters. The molecule has 5 heteroatoms. The van der Waals surface area contributed by atoms with Crippen LogP contribution in [0.25, 0.3) is 0 Å². The van der Waals surface area contributed by atoms with E-state index in [-0.39, 0.29) is 0 Å². The largest absolute Gasteiger partial charge is 0.327 e. The Hall–Kier alpha value is -0.200. The van der Waals surface area contributed by atoms with Crippen LogP contribution in [0.2, 0.25) is 0 Å². The van der Waals surface area contributed by atoms with Crippen LogP contribution >= 0.6 is 0 Å². The summed E-state index contributed by atoms with van der Waals surface area (Å²) in [6, 6.07) is 0. The van der Waals surface area contributed by atoms with E-state index in [0.29, 0.717) is 38.3 Å². The van der Waals surface area contributed by atoms with Crippen LogP contribution in [-0.4, -0.2) is 38.4 Å². The maximum absolute atomic E-state index is 6.32. The highest BCUT2D eigenvalue weighted by Crippen LogP contribution is 2.38. The average molecular weight is 330 g/mol. The molecule has 0 spiro atoms. The SMILES string of the molecule is CC(C)COC1(OC2(OCC(C)C)CCCCO2)CCCCO1. The Labute approximate surface area is 140 Å². The summed E-state index contributed by atoms with van der Waals surface area (Å²) in [6.45, 7) is 11.0. The van der Waals surface area contributed by atoms with Gasteiger partial charge in [-0.05, 0) is 37.5 Å². The van der Waals surface area contributed by atoms with Crippen molar-refractivity contribution in [2.45, 2.75) is 78.2 Å². The second kappa shape index (κ2) is 8.77. The van der Waals surface area contributed by atoms with E-state index < -0.39 is 11.9 Å². The van der Waals surface area contributed by atoms with Gasteiger partial charge in [0.05, 0.1) is 26.4 Å². The van der Waals surface area contributed by atoms with Crippen LogP contribution < -0.4 is 0 Å². The van der Waals surface area contributed by atoms with Crippen LogP contribution in [0, 0.1) is 11.8 Å². The van der Waals surface area contributed by atoms with Gasteiger partial charge in [-0.1, -0.05) is 27.7 Å². The van der Waals surface area contributed by atoms with E-state index in [0.717, 1.165) is 38.5 Å². The van der Waals surface area contributed by atoms with Gasteiger partial charge in [0.25, 0.3) is 11.9 Å². The van der Waals surface area contributed by atoms with Crippen LogP contribution in [0.3, 0.4) is 0 Å². The Morgan fingerprint density at radius 3 is 1.48 bits per heavy atom. The topological polar surface area (TPSA) is 46.2 Å². The number of hydrogen-bond acceptors (Lipinski definition) is 5. The number of ether oxygens (including phenoxy) is 5. The lowest BCUT2D eigenvalue weighted by Gasteiger charge is -2.45. The Kier molecular flexibility index (Phi) is 7.29. The van der Waals surface area contributed by atoms with E-state index >= 15 is 0 Å². The predicted octanol–water partition coefficient (Wildman–Crippen LogP) is 4.06. The van der Waals surface area contributed by atoms with Crippen molar-refractivity contribution < 1.29 is 23.7 Å². The Morgan fingerprint density at radius 2 is 1.17 bits per heavy atom. The molecule has 0 aromatic heterocycles. The minimum atomic E-state index is -1.03. The first kappa shape index (κ1) is 19.1. The molecule has 0 N–H and O–H groups in total. The third kappa shape index (κ3) is 5.98. The highest BCUT2D eigenvalue weighted by atomic mass is 17.0. The first-order valence-electron chi connectivity index (χ1n) is 9.21. The number of rotatable bonds is 8. The summed E-state index contributed by atoms with van der Waals surface area (Å²) in [5.41, 5.74) is 0. The molecule has 0 aromatic rings. The van der Waals surface area contributed by atoms with Gasteiger partial charge >= 0.3 is 0 Å². The molecule has 2 saturated heterocycles. The Bertz CT molecular complexity index is 298. The van der Waals surface area contributed by atoms with Crippen LogP contribution in [0.5, 0.6) is 0 Å². The summed E-state index contributed by atoms with van der Waals surface area (Å²) in [7, 11) is 0. The maximum atomic E-state index is 6.32. The van der Waals surface area contributed by atoms with E-state index in [1.807, 2.05) is 0 Å². The van der Waals surface area contributed by atoms with Gasteiger partial charge in [0.1, 0.15) is 0 Å². The Balaban J connectivity index is 2.08. The van der Waals surface area contributed by atoms with E-state index in [1.54, 1.807) is 0 Å². The molecule has 0 bridgehead atoms. The molecule has 2 unspecified atom stereocenters. The van der Waals surface area contributed by atoms with Gasteiger partial charge < -0.3 is 18.9 Å². The molecule has 0 amide bonds. The molecule has 2 rings (SSSR count). The summed E-state index contributed by atoms with van der Waals surface area (Å²) in [5, 5.41) is 0. The van der Waals surface area contributed by atoms with Crippen molar-refractivity contribution in [3.05, 3.63) is 0 Å². The fraction of sp³-hybridized carbons (Fsp3) is 1.00. The molecule has 136 valence electrons. The summed E-state index contributed by atoms with van der Waals surface area (Å²) in [4.78, 5) is 0. The van der Waals surface area contributed by atoms with E-state index in [2.05, 4.69) is 27.7 Å². The van der Waals surface area contributed by atoms with Gasteiger partial charge in [-0.25, -0.2) is 0 Å². The molecule has 0 aliphatic carbocycles. The van der Waals surface area contributed by atoms with Gasteiger partial charge in [-0.3, -0.25) is 4.74 Å². The molecule has 2 aliphatic heterocycles. The van der Waals surface area contributed by atoms with Crippen molar-refractivity contribution in [3.63, 3.8) is 0 Å². The van der Waals surface area contributed by atoms with Crippen molar-refractivity contribution in [1.29, 1.82) is 0 Å². The molecule has 0 saturated carbocycles. The average Bonchev–Trinajstić information content (AvgIpc) is 2.53. The molecule has 0 radical (unpaired) electrons.